The second kappa shape index (κ2) is 4.87. The second-order valence-corrected chi connectivity index (χ2v) is 5.94. The summed E-state index contributed by atoms with van der Waals surface area (Å²) in [5.41, 5.74) is -1.65. The first-order chi connectivity index (χ1) is 9.83. The van der Waals surface area contributed by atoms with Crippen molar-refractivity contribution in [3.63, 3.8) is 0 Å². The lowest BCUT2D eigenvalue weighted by atomic mass is 9.62. The maximum atomic E-state index is 13.2. The summed E-state index contributed by atoms with van der Waals surface area (Å²) in [6, 6.07) is 2.68. The minimum Gasteiger partial charge on any atom is -0.490 e. The van der Waals surface area contributed by atoms with Gasteiger partial charge in [0.25, 0.3) is 0 Å². The number of alkyl halides is 3. The van der Waals surface area contributed by atoms with Crippen LogP contribution >= 0.6 is 0 Å². The topological polar surface area (TPSA) is 29.5 Å². The standard InChI is InChI=1S/C15H16F4O2/c16-11-4-3-9(7-10(11)15(17,18)19)21-13-8-12(20)14(13)5-1-2-6-14/h3-4,7,12-13,20H,1-2,5-6,8H2. The van der Waals surface area contributed by atoms with Gasteiger partial charge in [0.15, 0.2) is 0 Å². The molecule has 2 fully saturated rings. The molecule has 21 heavy (non-hydrogen) atoms. The number of hydrogen-bond acceptors (Lipinski definition) is 2. The maximum Gasteiger partial charge on any atom is 0.419 e. The summed E-state index contributed by atoms with van der Waals surface area (Å²) in [6.07, 6.45) is -1.43. The van der Waals surface area contributed by atoms with Crippen molar-refractivity contribution in [2.75, 3.05) is 0 Å². The smallest absolute Gasteiger partial charge is 0.419 e. The van der Waals surface area contributed by atoms with E-state index in [-0.39, 0.29) is 17.3 Å². The molecule has 2 saturated carbocycles. The number of hydrogen-bond donors (Lipinski definition) is 1. The molecule has 0 saturated heterocycles. The zero-order valence-electron chi connectivity index (χ0n) is 11.3. The van der Waals surface area contributed by atoms with Crippen LogP contribution in [-0.4, -0.2) is 17.3 Å². The van der Waals surface area contributed by atoms with Crippen molar-refractivity contribution in [1.29, 1.82) is 0 Å². The second-order valence-electron chi connectivity index (χ2n) is 5.94. The van der Waals surface area contributed by atoms with E-state index in [4.69, 9.17) is 4.74 Å². The van der Waals surface area contributed by atoms with Crippen molar-refractivity contribution >= 4 is 0 Å². The molecule has 116 valence electrons. The van der Waals surface area contributed by atoms with Gasteiger partial charge in [0.2, 0.25) is 0 Å². The molecule has 2 atom stereocenters. The van der Waals surface area contributed by atoms with Crippen molar-refractivity contribution < 1.29 is 27.4 Å². The first-order valence-corrected chi connectivity index (χ1v) is 7.04. The van der Waals surface area contributed by atoms with E-state index >= 15 is 0 Å². The number of aliphatic hydroxyl groups excluding tert-OH is 1. The fourth-order valence-electron chi connectivity index (χ4n) is 3.54. The van der Waals surface area contributed by atoms with E-state index in [9.17, 15) is 22.7 Å². The largest absolute Gasteiger partial charge is 0.490 e. The molecule has 3 rings (SSSR count). The summed E-state index contributed by atoms with van der Waals surface area (Å²) in [6.45, 7) is 0. The highest BCUT2D eigenvalue weighted by molar-refractivity contribution is 5.32. The van der Waals surface area contributed by atoms with Crippen LogP contribution in [-0.2, 0) is 6.18 Å². The van der Waals surface area contributed by atoms with Crippen molar-refractivity contribution in [3.8, 4) is 5.75 Å². The van der Waals surface area contributed by atoms with Gasteiger partial charge in [0.05, 0.1) is 11.7 Å². The highest BCUT2D eigenvalue weighted by atomic mass is 19.4. The summed E-state index contributed by atoms with van der Waals surface area (Å²) in [5, 5.41) is 9.95. The van der Waals surface area contributed by atoms with Crippen molar-refractivity contribution in [2.45, 2.75) is 50.5 Å². The first-order valence-electron chi connectivity index (χ1n) is 7.04. The van der Waals surface area contributed by atoms with Gasteiger partial charge in [0.1, 0.15) is 17.7 Å². The summed E-state index contributed by atoms with van der Waals surface area (Å²) in [7, 11) is 0. The summed E-state index contributed by atoms with van der Waals surface area (Å²) in [5.74, 6) is -1.30. The molecule has 0 amide bonds. The van der Waals surface area contributed by atoms with E-state index in [1.54, 1.807) is 0 Å². The minimum atomic E-state index is -4.74. The molecule has 1 aromatic rings. The van der Waals surface area contributed by atoms with Crippen LogP contribution in [0.5, 0.6) is 5.75 Å². The van der Waals surface area contributed by atoms with Crippen LogP contribution < -0.4 is 4.74 Å². The van der Waals surface area contributed by atoms with Gasteiger partial charge in [0, 0.05) is 11.8 Å². The van der Waals surface area contributed by atoms with E-state index in [0.717, 1.165) is 31.7 Å². The summed E-state index contributed by atoms with van der Waals surface area (Å²) >= 11 is 0. The molecule has 1 spiro atoms. The van der Waals surface area contributed by atoms with Crippen molar-refractivity contribution in [2.24, 2.45) is 5.41 Å². The van der Waals surface area contributed by atoms with Gasteiger partial charge in [-0.05, 0) is 31.0 Å². The molecule has 2 unspecified atom stereocenters. The zero-order chi connectivity index (χ0) is 15.3. The van der Waals surface area contributed by atoms with E-state index in [2.05, 4.69) is 0 Å². The Bertz CT molecular complexity index is 535. The van der Waals surface area contributed by atoms with Gasteiger partial charge in [-0.3, -0.25) is 0 Å². The van der Waals surface area contributed by atoms with Crippen molar-refractivity contribution in [3.05, 3.63) is 29.6 Å². The molecule has 6 heteroatoms. The van der Waals surface area contributed by atoms with Gasteiger partial charge < -0.3 is 9.84 Å². The van der Waals surface area contributed by atoms with Crippen LogP contribution in [0.25, 0.3) is 0 Å². The number of ether oxygens (including phenoxy) is 1. The number of benzene rings is 1. The van der Waals surface area contributed by atoms with Crippen LogP contribution in [0.2, 0.25) is 0 Å². The summed E-state index contributed by atoms with van der Waals surface area (Å²) in [4.78, 5) is 0. The molecule has 0 bridgehead atoms. The monoisotopic (exact) mass is 304 g/mol. The highest BCUT2D eigenvalue weighted by Gasteiger charge is 2.57. The SMILES string of the molecule is OC1CC(Oc2ccc(F)c(C(F)(F)F)c2)C12CCCC2. The third kappa shape index (κ3) is 2.39. The van der Waals surface area contributed by atoms with Gasteiger partial charge >= 0.3 is 6.18 Å². The average Bonchev–Trinajstić information content (AvgIpc) is 2.91. The van der Waals surface area contributed by atoms with Crippen LogP contribution in [0.3, 0.4) is 0 Å². The van der Waals surface area contributed by atoms with E-state index < -0.39 is 23.7 Å². The molecule has 2 aliphatic carbocycles. The van der Waals surface area contributed by atoms with E-state index in [1.807, 2.05) is 0 Å². The fraction of sp³-hybridized carbons (Fsp3) is 0.600. The van der Waals surface area contributed by atoms with E-state index in [1.165, 1.54) is 6.07 Å². The predicted molar refractivity (Wildman–Crippen MR) is 67.3 cm³/mol. The van der Waals surface area contributed by atoms with Crippen LogP contribution in [0.1, 0.15) is 37.7 Å². The van der Waals surface area contributed by atoms with Crippen LogP contribution in [0.4, 0.5) is 17.6 Å². The van der Waals surface area contributed by atoms with E-state index in [0.29, 0.717) is 12.5 Å². The molecular formula is C15H16F4O2. The molecule has 0 aromatic heterocycles. The molecule has 1 N–H and O–H groups in total. The fourth-order valence-corrected chi connectivity index (χ4v) is 3.54. The Morgan fingerprint density at radius 1 is 1.19 bits per heavy atom. The Morgan fingerprint density at radius 3 is 2.43 bits per heavy atom. The Morgan fingerprint density at radius 2 is 1.86 bits per heavy atom. The number of halogens is 4. The quantitative estimate of drug-likeness (QED) is 0.839. The van der Waals surface area contributed by atoms with Gasteiger partial charge in [-0.15, -0.1) is 0 Å². The molecule has 2 nitrogen and oxygen atoms in total. The molecule has 0 heterocycles. The normalized spacial score (nSPS) is 27.7. The molecule has 0 aliphatic heterocycles. The maximum absolute atomic E-state index is 13.2. The van der Waals surface area contributed by atoms with Gasteiger partial charge in [-0.2, -0.15) is 13.2 Å². The molecule has 1 aromatic carbocycles. The Hall–Kier alpha value is -1.30. The third-order valence-electron chi connectivity index (χ3n) is 4.80. The minimum absolute atomic E-state index is 0.00639. The molecular weight excluding hydrogens is 288 g/mol. The Kier molecular flexibility index (Phi) is 3.39. The predicted octanol–water partition coefficient (Wildman–Crippen LogP) is 3.92. The summed E-state index contributed by atoms with van der Waals surface area (Å²) < 4.78 is 56.9. The lowest BCUT2D eigenvalue weighted by Gasteiger charge is -2.51. The van der Waals surface area contributed by atoms with Crippen LogP contribution in [0, 0.1) is 11.2 Å². The zero-order valence-corrected chi connectivity index (χ0v) is 11.3. The Labute approximate surface area is 119 Å². The lowest BCUT2D eigenvalue weighted by Crippen LogP contribution is -2.58. The van der Waals surface area contributed by atoms with Gasteiger partial charge in [-0.1, -0.05) is 12.8 Å². The highest BCUT2D eigenvalue weighted by Crippen LogP contribution is 2.54. The van der Waals surface area contributed by atoms with Crippen molar-refractivity contribution in [1.82, 2.24) is 0 Å². The lowest BCUT2D eigenvalue weighted by molar-refractivity contribution is -0.153. The number of aliphatic hydroxyl groups is 1. The first kappa shape index (κ1) is 14.6. The molecule has 0 radical (unpaired) electrons. The molecule has 2 aliphatic rings. The van der Waals surface area contributed by atoms with Gasteiger partial charge in [-0.25, -0.2) is 4.39 Å². The third-order valence-corrected chi connectivity index (χ3v) is 4.80. The van der Waals surface area contributed by atoms with Crippen LogP contribution in [0.15, 0.2) is 18.2 Å². The Balaban J connectivity index is 1.80. The average molecular weight is 304 g/mol. The number of rotatable bonds is 2.